The van der Waals surface area contributed by atoms with Crippen LogP contribution in [0.25, 0.3) is 12.2 Å². The second kappa shape index (κ2) is 11.8. The lowest BCUT2D eigenvalue weighted by molar-refractivity contribution is 0.221. The smallest absolute Gasteiger partial charge is 0.267 e. The van der Waals surface area contributed by atoms with E-state index in [0.29, 0.717) is 23.6 Å². The zero-order valence-corrected chi connectivity index (χ0v) is 22.4. The van der Waals surface area contributed by atoms with Crippen LogP contribution >= 0.6 is 11.6 Å². The molecule has 1 saturated carbocycles. The summed E-state index contributed by atoms with van der Waals surface area (Å²) < 4.78 is 32.9. The maximum absolute atomic E-state index is 12.6. The van der Waals surface area contributed by atoms with Crippen LogP contribution in [0.15, 0.2) is 41.9 Å². The van der Waals surface area contributed by atoms with E-state index in [2.05, 4.69) is 54.0 Å². The number of anilines is 2. The molecule has 3 heterocycles. The van der Waals surface area contributed by atoms with Gasteiger partial charge >= 0.3 is 0 Å². The Morgan fingerprint density at radius 2 is 1.73 bits per heavy atom. The first-order valence-electron chi connectivity index (χ1n) is 11.7. The van der Waals surface area contributed by atoms with E-state index in [1.54, 1.807) is 24.5 Å². The zero-order chi connectivity index (χ0) is 26.4. The number of rotatable bonds is 9. The van der Waals surface area contributed by atoms with Gasteiger partial charge in [-0.25, -0.2) is 28.1 Å². The second-order valence-electron chi connectivity index (χ2n) is 8.86. The van der Waals surface area contributed by atoms with Gasteiger partial charge in [0.25, 0.3) is 10.0 Å². The van der Waals surface area contributed by atoms with Crippen LogP contribution in [0.4, 0.5) is 11.9 Å². The second-order valence-corrected chi connectivity index (χ2v) is 10.9. The Labute approximate surface area is 221 Å². The molecule has 0 unspecified atom stereocenters. The fraction of sp³-hybridized carbons (Fsp3) is 0.375. The van der Waals surface area contributed by atoms with E-state index in [1.807, 2.05) is 0 Å². The highest BCUT2D eigenvalue weighted by Crippen LogP contribution is 2.25. The number of hydrogen-bond donors (Lipinski definition) is 2. The van der Waals surface area contributed by atoms with Crippen LogP contribution in [0.3, 0.4) is 0 Å². The van der Waals surface area contributed by atoms with Gasteiger partial charge in [0.1, 0.15) is 4.90 Å². The topological polar surface area (TPSA) is 135 Å². The molecule has 0 bridgehead atoms. The zero-order valence-electron chi connectivity index (χ0n) is 20.8. The van der Waals surface area contributed by atoms with Gasteiger partial charge < -0.3 is 15.0 Å². The van der Waals surface area contributed by atoms with Crippen molar-refractivity contribution in [2.75, 3.05) is 31.2 Å². The number of pyridine rings is 1. The van der Waals surface area contributed by atoms with E-state index in [0.717, 1.165) is 37.4 Å². The van der Waals surface area contributed by atoms with E-state index >= 15 is 0 Å². The van der Waals surface area contributed by atoms with Crippen LogP contribution in [0.2, 0.25) is 5.02 Å². The fourth-order valence-corrected chi connectivity index (χ4v) is 5.43. The molecule has 0 radical (unpaired) electrons. The lowest BCUT2D eigenvalue weighted by atomic mass is 9.91. The highest BCUT2D eigenvalue weighted by Gasteiger charge is 2.23. The summed E-state index contributed by atoms with van der Waals surface area (Å²) in [6, 6.07) is 2.40. The lowest BCUT2D eigenvalue weighted by Crippen LogP contribution is -2.36. The predicted molar refractivity (Wildman–Crippen MR) is 143 cm³/mol. The van der Waals surface area contributed by atoms with Gasteiger partial charge in [0.05, 0.1) is 17.7 Å². The Morgan fingerprint density at radius 1 is 1.03 bits per heavy atom. The molecule has 0 saturated heterocycles. The Bertz CT molecular complexity index is 1340. The molecular weight excluding hydrogens is 516 g/mol. The number of nitrogens with one attached hydrogen (secondary N) is 2. The average Bonchev–Trinajstić information content (AvgIpc) is 2.89. The highest BCUT2D eigenvalue weighted by atomic mass is 35.5. The minimum Gasteiger partial charge on any atom is -0.480 e. The summed E-state index contributed by atoms with van der Waals surface area (Å²) in [5.41, 5.74) is 1.32. The summed E-state index contributed by atoms with van der Waals surface area (Å²) >= 11 is 5.98. The molecule has 196 valence electrons. The summed E-state index contributed by atoms with van der Waals surface area (Å²) in [5, 5.41) is 3.46. The van der Waals surface area contributed by atoms with Gasteiger partial charge in [-0.15, -0.1) is 0 Å². The van der Waals surface area contributed by atoms with Crippen molar-refractivity contribution in [3.8, 4) is 5.88 Å². The van der Waals surface area contributed by atoms with Crippen molar-refractivity contribution in [3.05, 3.63) is 53.2 Å². The molecule has 3 aromatic heterocycles. The summed E-state index contributed by atoms with van der Waals surface area (Å²) in [6.07, 6.45) is 15.5. The molecule has 2 N–H and O–H groups in total. The quantitative estimate of drug-likeness (QED) is 0.411. The fourth-order valence-electron chi connectivity index (χ4n) is 4.04. The highest BCUT2D eigenvalue weighted by molar-refractivity contribution is 7.92. The monoisotopic (exact) mass is 544 g/mol. The summed E-state index contributed by atoms with van der Waals surface area (Å²) in [7, 11) is 1.67. The number of methoxy groups -OCH3 is 1. The number of aromatic nitrogens is 5. The van der Waals surface area contributed by atoms with Crippen LogP contribution in [-0.4, -0.2) is 71.5 Å². The molecular formula is C24H29ClN8O3S. The first-order chi connectivity index (χ1) is 17.7. The number of ether oxygens (including phenoxy) is 1. The van der Waals surface area contributed by atoms with Crippen molar-refractivity contribution in [3.63, 3.8) is 0 Å². The van der Waals surface area contributed by atoms with Crippen LogP contribution < -0.4 is 14.8 Å². The van der Waals surface area contributed by atoms with Crippen molar-refractivity contribution in [2.45, 2.75) is 42.7 Å². The lowest BCUT2D eigenvalue weighted by Gasteiger charge is -2.32. The molecule has 0 aromatic carbocycles. The van der Waals surface area contributed by atoms with E-state index in [1.165, 1.54) is 25.6 Å². The third-order valence-corrected chi connectivity index (χ3v) is 7.91. The Balaban J connectivity index is 1.39. The van der Waals surface area contributed by atoms with Crippen molar-refractivity contribution >= 4 is 45.7 Å². The maximum atomic E-state index is 12.6. The van der Waals surface area contributed by atoms with Gasteiger partial charge in [-0.2, -0.15) is 4.98 Å². The summed E-state index contributed by atoms with van der Waals surface area (Å²) in [4.78, 5) is 23.0. The van der Waals surface area contributed by atoms with Crippen LogP contribution in [0.5, 0.6) is 5.88 Å². The summed E-state index contributed by atoms with van der Waals surface area (Å²) in [5.74, 6) is 0.637. The van der Waals surface area contributed by atoms with Gasteiger partial charge in [0, 0.05) is 48.6 Å². The van der Waals surface area contributed by atoms with Crippen LogP contribution in [0.1, 0.15) is 36.8 Å². The number of sulfonamides is 1. The molecule has 0 amide bonds. The molecule has 13 heteroatoms. The van der Waals surface area contributed by atoms with Crippen molar-refractivity contribution in [2.24, 2.45) is 0 Å². The molecule has 4 rings (SSSR count). The molecule has 37 heavy (non-hydrogen) atoms. The van der Waals surface area contributed by atoms with E-state index in [9.17, 15) is 8.42 Å². The maximum Gasteiger partial charge on any atom is 0.267 e. The number of hydrogen-bond acceptors (Lipinski definition) is 10. The largest absolute Gasteiger partial charge is 0.480 e. The third-order valence-electron chi connectivity index (χ3n) is 6.11. The first-order valence-corrected chi connectivity index (χ1v) is 13.6. The van der Waals surface area contributed by atoms with Crippen LogP contribution in [0, 0.1) is 0 Å². The van der Waals surface area contributed by atoms with E-state index in [4.69, 9.17) is 16.3 Å². The van der Waals surface area contributed by atoms with Gasteiger partial charge in [0.15, 0.2) is 0 Å². The molecule has 1 aliphatic rings. The first kappa shape index (κ1) is 26.7. The Kier molecular flexibility index (Phi) is 8.52. The molecule has 3 aromatic rings. The van der Waals surface area contributed by atoms with E-state index in [-0.39, 0.29) is 21.7 Å². The minimum absolute atomic E-state index is 0.0363. The predicted octanol–water partition coefficient (Wildman–Crippen LogP) is 3.58. The number of halogens is 1. The van der Waals surface area contributed by atoms with Gasteiger partial charge in [-0.3, -0.25) is 4.98 Å². The van der Waals surface area contributed by atoms with Crippen molar-refractivity contribution < 1.29 is 13.2 Å². The average molecular weight is 545 g/mol. The van der Waals surface area contributed by atoms with Gasteiger partial charge in [-0.1, -0.05) is 17.7 Å². The molecule has 0 spiro atoms. The number of nitrogens with zero attached hydrogens (tertiary/aromatic N) is 6. The van der Waals surface area contributed by atoms with Crippen molar-refractivity contribution in [1.29, 1.82) is 0 Å². The minimum atomic E-state index is -4.03. The van der Waals surface area contributed by atoms with Gasteiger partial charge in [0.2, 0.25) is 17.8 Å². The SMILES string of the molecule is COc1nc(NS(=O)(=O)c2cnccc2Cl)ncc1/C=C/c1cnc(N[C@H]2CC[C@H](N(C)C)CC2)nc1. The standard InChI is InChI=1S/C24H29ClN8O3S/c1-33(2)19-8-6-18(7-9-19)30-23-27-12-16(13-28-23)4-5-17-14-29-24(31-22(17)36-3)32-37(34,35)21-15-26-11-10-20(21)25/h4-5,10-15,18-19H,6-9H2,1-3H3,(H,27,28,30)(H,29,31,32)/b5-4+/t18-,19-. The van der Waals surface area contributed by atoms with Crippen LogP contribution in [-0.2, 0) is 10.0 Å². The summed E-state index contributed by atoms with van der Waals surface area (Å²) in [6.45, 7) is 0. The normalized spacial score (nSPS) is 18.2. The molecule has 1 fully saturated rings. The molecule has 1 aliphatic carbocycles. The molecule has 11 nitrogen and oxygen atoms in total. The Morgan fingerprint density at radius 3 is 2.38 bits per heavy atom. The third kappa shape index (κ3) is 6.90. The van der Waals surface area contributed by atoms with E-state index < -0.39 is 10.0 Å². The van der Waals surface area contributed by atoms with Crippen molar-refractivity contribution in [1.82, 2.24) is 29.8 Å². The Hall–Kier alpha value is -3.35. The van der Waals surface area contributed by atoms with Gasteiger partial charge in [-0.05, 0) is 51.9 Å². The molecule has 0 atom stereocenters. The molecule has 0 aliphatic heterocycles.